The molecular weight excluding hydrogens is 132 g/mol. The lowest BCUT2D eigenvalue weighted by Crippen LogP contribution is -2.41. The zero-order valence-corrected chi connectivity index (χ0v) is 5.37. The van der Waals surface area contributed by atoms with E-state index >= 15 is 0 Å². The highest BCUT2D eigenvalue weighted by Gasteiger charge is 2.36. The summed E-state index contributed by atoms with van der Waals surface area (Å²) in [6.45, 7) is 1.65. The molecule has 0 heterocycles. The topological polar surface area (TPSA) is 79.2 Å². The maximum absolute atomic E-state index is 8.32. The van der Waals surface area contributed by atoms with E-state index in [-0.39, 0.29) is 6.61 Å². The fourth-order valence-corrected chi connectivity index (χ4v) is 0.643. The molecule has 0 aromatic heterocycles. The summed E-state index contributed by atoms with van der Waals surface area (Å²) in [6, 6.07) is 0. The van der Waals surface area contributed by atoms with Crippen LogP contribution in [-0.2, 0) is 9.00 Å². The molecule has 0 spiro atoms. The average molecular weight is 140 g/mol. The zero-order chi connectivity index (χ0) is 6.62. The van der Waals surface area contributed by atoms with Crippen LogP contribution < -0.4 is 0 Å². The van der Waals surface area contributed by atoms with Crippen molar-refractivity contribution in [3.63, 3.8) is 0 Å². The van der Waals surface area contributed by atoms with Gasteiger partial charge in [-0.05, 0) is 6.92 Å². The number of rotatable bonds is 3. The molecule has 0 aliphatic carbocycles. The minimum atomic E-state index is -4.12. The van der Waals surface area contributed by atoms with Crippen molar-refractivity contribution in [1.82, 2.24) is 0 Å². The molecule has 0 aliphatic heterocycles. The molecule has 6 heteroatoms. The Balaban J connectivity index is 3.37. The maximum Gasteiger partial charge on any atom is 0.702 e. The van der Waals surface area contributed by atoms with Crippen LogP contribution in [0.15, 0.2) is 0 Å². The summed E-state index contributed by atoms with van der Waals surface area (Å²) in [5, 5.41) is 7.66. The van der Waals surface area contributed by atoms with E-state index in [1.165, 1.54) is 0 Å². The highest BCUT2D eigenvalue weighted by molar-refractivity contribution is 6.49. The van der Waals surface area contributed by atoms with Gasteiger partial charge in [-0.3, -0.25) is 5.26 Å². The first-order valence-electron chi connectivity index (χ1n) is 2.03. The van der Waals surface area contributed by atoms with Gasteiger partial charge in [-0.1, -0.05) is 0 Å². The van der Waals surface area contributed by atoms with Gasteiger partial charge in [0.1, 0.15) is 0 Å². The predicted octanol–water partition coefficient (Wildman–Crippen LogP) is -1.07. The molecular formula is C2H8O5Si. The van der Waals surface area contributed by atoms with E-state index in [1.807, 2.05) is 0 Å². The van der Waals surface area contributed by atoms with E-state index in [0.717, 1.165) is 0 Å². The van der Waals surface area contributed by atoms with Crippen LogP contribution in [0, 0.1) is 0 Å². The van der Waals surface area contributed by atoms with E-state index < -0.39 is 9.05 Å². The van der Waals surface area contributed by atoms with E-state index in [1.54, 1.807) is 6.92 Å². The third kappa shape index (κ3) is 3.08. The van der Waals surface area contributed by atoms with Crippen LogP contribution in [-0.4, -0.2) is 30.5 Å². The molecule has 0 rings (SSSR count). The van der Waals surface area contributed by atoms with Crippen molar-refractivity contribution in [2.45, 2.75) is 6.92 Å². The van der Waals surface area contributed by atoms with Crippen molar-refractivity contribution in [1.29, 1.82) is 0 Å². The van der Waals surface area contributed by atoms with Crippen LogP contribution in [0.1, 0.15) is 6.92 Å². The van der Waals surface area contributed by atoms with Crippen LogP contribution in [0.25, 0.3) is 0 Å². The van der Waals surface area contributed by atoms with Gasteiger partial charge in [-0.15, -0.1) is 0 Å². The smallest absolute Gasteiger partial charge is 0.366 e. The largest absolute Gasteiger partial charge is 0.702 e. The molecule has 0 unspecified atom stereocenters. The molecule has 5 nitrogen and oxygen atoms in total. The molecule has 0 saturated heterocycles. The van der Waals surface area contributed by atoms with Crippen LogP contribution >= 0.6 is 0 Å². The fraction of sp³-hybridized carbons (Fsp3) is 1.00. The van der Waals surface area contributed by atoms with Crippen molar-refractivity contribution in [2.24, 2.45) is 0 Å². The maximum atomic E-state index is 8.32. The van der Waals surface area contributed by atoms with Crippen LogP contribution in [0.2, 0.25) is 0 Å². The van der Waals surface area contributed by atoms with Gasteiger partial charge >= 0.3 is 9.05 Å². The van der Waals surface area contributed by atoms with E-state index in [2.05, 4.69) is 9.00 Å². The van der Waals surface area contributed by atoms with Gasteiger partial charge in [0, 0.05) is 6.61 Å². The zero-order valence-electron chi connectivity index (χ0n) is 4.37. The average Bonchev–Trinajstić information content (AvgIpc) is 1.67. The second-order valence-corrected chi connectivity index (χ2v) is 2.64. The Labute approximate surface area is 47.5 Å². The lowest BCUT2D eigenvalue weighted by Gasteiger charge is -2.09. The molecule has 8 heavy (non-hydrogen) atoms. The Morgan fingerprint density at radius 1 is 1.50 bits per heavy atom. The van der Waals surface area contributed by atoms with Crippen LogP contribution in [0.3, 0.4) is 0 Å². The molecule has 50 valence electrons. The van der Waals surface area contributed by atoms with Crippen molar-refractivity contribution in [3.05, 3.63) is 0 Å². The Bertz CT molecular complexity index is 63.4. The van der Waals surface area contributed by atoms with Crippen molar-refractivity contribution in [3.8, 4) is 0 Å². The molecule has 0 fully saturated rings. The normalized spacial score (nSPS) is 12.0. The first kappa shape index (κ1) is 8.02. The summed E-state index contributed by atoms with van der Waals surface area (Å²) in [5.74, 6) is 0. The first-order valence-corrected chi connectivity index (χ1v) is 3.74. The monoisotopic (exact) mass is 140 g/mol. The van der Waals surface area contributed by atoms with Gasteiger partial charge < -0.3 is 14.0 Å². The summed E-state index contributed by atoms with van der Waals surface area (Å²) in [7, 11) is -4.12. The molecule has 0 amide bonds. The van der Waals surface area contributed by atoms with Gasteiger partial charge in [0.25, 0.3) is 0 Å². The SMILES string of the molecule is CCO[Si](O)(O)OO. The lowest BCUT2D eigenvalue weighted by molar-refractivity contribution is -0.215. The van der Waals surface area contributed by atoms with Gasteiger partial charge in [0.15, 0.2) is 0 Å². The van der Waals surface area contributed by atoms with Crippen molar-refractivity contribution < 1.29 is 23.9 Å². The fourth-order valence-electron chi connectivity index (χ4n) is 0.214. The third-order valence-electron chi connectivity index (χ3n) is 0.451. The Morgan fingerprint density at radius 3 is 2.12 bits per heavy atom. The van der Waals surface area contributed by atoms with Gasteiger partial charge in [0.05, 0.1) is 0 Å². The Morgan fingerprint density at radius 2 is 2.00 bits per heavy atom. The summed E-state index contributed by atoms with van der Waals surface area (Å²) in [4.78, 5) is 16.6. The molecule has 0 atom stereocenters. The van der Waals surface area contributed by atoms with Crippen LogP contribution in [0.5, 0.6) is 0 Å². The number of hydrogen-bond acceptors (Lipinski definition) is 5. The third-order valence-corrected chi connectivity index (χ3v) is 1.35. The van der Waals surface area contributed by atoms with E-state index in [9.17, 15) is 0 Å². The van der Waals surface area contributed by atoms with Gasteiger partial charge in [0.2, 0.25) is 0 Å². The van der Waals surface area contributed by atoms with Gasteiger partial charge in [-0.2, -0.15) is 4.58 Å². The molecule has 0 radical (unpaired) electrons. The van der Waals surface area contributed by atoms with E-state index in [4.69, 9.17) is 14.8 Å². The molecule has 0 aliphatic rings. The lowest BCUT2D eigenvalue weighted by atomic mass is 10.9. The van der Waals surface area contributed by atoms with Crippen molar-refractivity contribution in [2.75, 3.05) is 6.61 Å². The second-order valence-electron chi connectivity index (χ2n) is 1.07. The first-order chi connectivity index (χ1) is 3.62. The number of hydrogen-bond donors (Lipinski definition) is 3. The molecule has 0 saturated carbocycles. The highest BCUT2D eigenvalue weighted by Crippen LogP contribution is 1.92. The molecule has 3 N–H and O–H groups in total. The predicted molar refractivity (Wildman–Crippen MR) is 25.5 cm³/mol. The van der Waals surface area contributed by atoms with Crippen molar-refractivity contribution >= 4 is 9.05 Å². The van der Waals surface area contributed by atoms with E-state index in [0.29, 0.717) is 0 Å². The minimum Gasteiger partial charge on any atom is -0.366 e. The second kappa shape index (κ2) is 3.12. The van der Waals surface area contributed by atoms with Gasteiger partial charge in [-0.25, -0.2) is 0 Å². The molecule has 0 bridgehead atoms. The molecule has 0 aromatic rings. The summed E-state index contributed by atoms with van der Waals surface area (Å²) < 4.78 is 7.36. The highest BCUT2D eigenvalue weighted by atomic mass is 28.4. The molecule has 0 aromatic carbocycles. The Hall–Kier alpha value is 0.0169. The minimum absolute atomic E-state index is 0.0970. The standard InChI is InChI=1S/C2H8O5Si/c1-2-6-8(4,5)7-3/h3-5H,2H2,1H3. The summed E-state index contributed by atoms with van der Waals surface area (Å²) >= 11 is 0. The van der Waals surface area contributed by atoms with Crippen LogP contribution in [0.4, 0.5) is 0 Å². The quantitative estimate of drug-likeness (QED) is 0.264. The summed E-state index contributed by atoms with van der Waals surface area (Å²) in [6.07, 6.45) is 0. The summed E-state index contributed by atoms with van der Waals surface area (Å²) in [5.41, 5.74) is 0. The Kier molecular flexibility index (Phi) is 3.13.